The van der Waals surface area contributed by atoms with Crippen molar-refractivity contribution in [3.8, 4) is 0 Å². The van der Waals surface area contributed by atoms with E-state index in [0.29, 0.717) is 25.3 Å². The fourth-order valence-corrected chi connectivity index (χ4v) is 3.48. The molecule has 0 aliphatic carbocycles. The number of carbonyl (C=O) groups is 1. The minimum Gasteiger partial charge on any atom is -0.376 e. The molecule has 0 aromatic carbocycles. The predicted molar refractivity (Wildman–Crippen MR) is 77.3 cm³/mol. The topological polar surface area (TPSA) is 88.6 Å². The first kappa shape index (κ1) is 15.9. The van der Waals surface area contributed by atoms with Gasteiger partial charge in [0.25, 0.3) is 5.91 Å². The summed E-state index contributed by atoms with van der Waals surface area (Å²) in [6.45, 7) is 3.05. The second-order valence-corrected chi connectivity index (χ2v) is 6.94. The van der Waals surface area contributed by atoms with E-state index in [4.69, 9.17) is 4.74 Å². The Balaban J connectivity index is 1.83. The van der Waals surface area contributed by atoms with Crippen LogP contribution in [-0.4, -0.2) is 61.7 Å². The predicted octanol–water partition coefficient (Wildman–Crippen LogP) is -0.138. The molecule has 1 unspecified atom stereocenters. The van der Waals surface area contributed by atoms with Gasteiger partial charge in [0.05, 0.1) is 18.5 Å². The molecular weight excluding hydrogens is 294 g/mol. The van der Waals surface area contributed by atoms with Gasteiger partial charge in [0.2, 0.25) is 10.0 Å². The number of hydrogen-bond acceptors (Lipinski definition) is 5. The first-order valence-electron chi connectivity index (χ1n) is 6.77. The third-order valence-corrected chi connectivity index (χ3v) is 5.02. The van der Waals surface area contributed by atoms with E-state index in [1.165, 1.54) is 16.7 Å². The van der Waals surface area contributed by atoms with Gasteiger partial charge >= 0.3 is 0 Å². The van der Waals surface area contributed by atoms with Gasteiger partial charge in [-0.1, -0.05) is 0 Å². The summed E-state index contributed by atoms with van der Waals surface area (Å²) in [5, 5.41) is 2.60. The van der Waals surface area contributed by atoms with Crippen molar-refractivity contribution >= 4 is 15.9 Å². The molecule has 1 fully saturated rings. The van der Waals surface area contributed by atoms with Crippen molar-refractivity contribution < 1.29 is 17.9 Å². The molecule has 1 amide bonds. The van der Waals surface area contributed by atoms with Crippen LogP contribution in [0.3, 0.4) is 0 Å². The first-order chi connectivity index (χ1) is 9.99. The van der Waals surface area contributed by atoms with Crippen LogP contribution in [0.2, 0.25) is 0 Å². The van der Waals surface area contributed by atoms with Gasteiger partial charge in [-0.25, -0.2) is 8.42 Å². The van der Waals surface area contributed by atoms with Crippen molar-refractivity contribution in [3.63, 3.8) is 0 Å². The molecule has 0 spiro atoms. The Hall–Kier alpha value is -1.51. The molecule has 0 radical (unpaired) electrons. The minimum atomic E-state index is -3.37. The third-order valence-electron chi connectivity index (χ3n) is 3.19. The van der Waals surface area contributed by atoms with Crippen molar-refractivity contribution in [2.75, 3.05) is 32.0 Å². The van der Waals surface area contributed by atoms with Crippen LogP contribution < -0.4 is 5.32 Å². The van der Waals surface area contributed by atoms with Gasteiger partial charge in [-0.15, -0.1) is 0 Å². The normalized spacial score (nSPS) is 20.1. The van der Waals surface area contributed by atoms with Crippen LogP contribution in [0.5, 0.6) is 0 Å². The van der Waals surface area contributed by atoms with Crippen LogP contribution in [-0.2, 0) is 14.8 Å². The number of morpholine rings is 1. The van der Waals surface area contributed by atoms with Gasteiger partial charge < -0.3 is 10.1 Å². The lowest BCUT2D eigenvalue weighted by Crippen LogP contribution is -2.46. The van der Waals surface area contributed by atoms with Crippen LogP contribution in [0.15, 0.2) is 24.5 Å². The highest BCUT2D eigenvalue weighted by atomic mass is 32.2. The van der Waals surface area contributed by atoms with Crippen LogP contribution in [0.4, 0.5) is 0 Å². The lowest BCUT2D eigenvalue weighted by atomic mass is 10.2. The number of hydrogen-bond donors (Lipinski definition) is 1. The summed E-state index contributed by atoms with van der Waals surface area (Å²) >= 11 is 0. The fraction of sp³-hybridized carbons (Fsp3) is 0.538. The van der Waals surface area contributed by atoms with E-state index in [-0.39, 0.29) is 24.3 Å². The van der Waals surface area contributed by atoms with Gasteiger partial charge in [-0.2, -0.15) is 4.31 Å². The number of amides is 1. The number of aromatic nitrogens is 1. The molecule has 1 N–H and O–H groups in total. The summed E-state index contributed by atoms with van der Waals surface area (Å²) in [6.07, 6.45) is 2.93. The molecule has 0 bridgehead atoms. The molecule has 1 aromatic rings. The molecule has 1 aromatic heterocycles. The second-order valence-electron chi connectivity index (χ2n) is 4.85. The number of ether oxygens (including phenoxy) is 1. The Bertz CT molecular complexity index is 576. The molecule has 2 heterocycles. The number of nitrogens with one attached hydrogen (secondary N) is 1. The second kappa shape index (κ2) is 6.97. The highest BCUT2D eigenvalue weighted by Crippen LogP contribution is 2.09. The summed E-state index contributed by atoms with van der Waals surface area (Å²) in [4.78, 5) is 15.6. The minimum absolute atomic E-state index is 0.0786. The lowest BCUT2D eigenvalue weighted by molar-refractivity contribution is 0.0102. The molecule has 7 nitrogen and oxygen atoms in total. The zero-order chi connectivity index (χ0) is 15.3. The molecule has 8 heteroatoms. The highest BCUT2D eigenvalue weighted by molar-refractivity contribution is 7.89. The zero-order valence-electron chi connectivity index (χ0n) is 11.9. The van der Waals surface area contributed by atoms with E-state index in [9.17, 15) is 13.2 Å². The van der Waals surface area contributed by atoms with Crippen LogP contribution in [0.25, 0.3) is 0 Å². The van der Waals surface area contributed by atoms with Crippen molar-refractivity contribution in [2.45, 2.75) is 13.0 Å². The van der Waals surface area contributed by atoms with Gasteiger partial charge in [0.15, 0.2) is 0 Å². The summed E-state index contributed by atoms with van der Waals surface area (Å²) in [5.41, 5.74) is 0.461. The third kappa shape index (κ3) is 4.48. The Morgan fingerprint density at radius 1 is 1.48 bits per heavy atom. The summed E-state index contributed by atoms with van der Waals surface area (Å²) < 4.78 is 31.1. The zero-order valence-corrected chi connectivity index (χ0v) is 12.7. The molecule has 0 saturated carbocycles. The number of rotatable bonds is 5. The van der Waals surface area contributed by atoms with E-state index in [0.717, 1.165) is 0 Å². The van der Waals surface area contributed by atoms with E-state index < -0.39 is 10.0 Å². The Kier molecular flexibility index (Phi) is 5.27. The number of sulfonamides is 1. The molecule has 1 atom stereocenters. The molecular formula is C13H19N3O4S. The Morgan fingerprint density at radius 3 is 2.86 bits per heavy atom. The van der Waals surface area contributed by atoms with E-state index >= 15 is 0 Å². The summed E-state index contributed by atoms with van der Waals surface area (Å²) in [7, 11) is -3.37. The van der Waals surface area contributed by atoms with Crippen LogP contribution in [0.1, 0.15) is 17.3 Å². The first-order valence-corrected chi connectivity index (χ1v) is 8.37. The quantitative estimate of drug-likeness (QED) is 0.817. The van der Waals surface area contributed by atoms with Crippen LogP contribution in [0, 0.1) is 0 Å². The molecule has 1 aliphatic heterocycles. The average molecular weight is 313 g/mol. The SMILES string of the molecule is CC1CN(S(=O)(=O)CCNC(=O)c2ccncc2)CCO1. The largest absolute Gasteiger partial charge is 0.376 e. The molecule has 21 heavy (non-hydrogen) atoms. The maximum atomic E-state index is 12.2. The van der Waals surface area contributed by atoms with Crippen molar-refractivity contribution in [1.82, 2.24) is 14.6 Å². The maximum absolute atomic E-state index is 12.2. The smallest absolute Gasteiger partial charge is 0.251 e. The van der Waals surface area contributed by atoms with E-state index in [1.807, 2.05) is 6.92 Å². The van der Waals surface area contributed by atoms with Gasteiger partial charge in [0, 0.05) is 37.6 Å². The monoisotopic (exact) mass is 313 g/mol. The Labute approximate surface area is 124 Å². The van der Waals surface area contributed by atoms with Crippen molar-refractivity contribution in [1.29, 1.82) is 0 Å². The number of nitrogens with zero attached hydrogens (tertiary/aromatic N) is 2. The number of pyridine rings is 1. The summed E-state index contributed by atoms with van der Waals surface area (Å²) in [5.74, 6) is -0.417. The lowest BCUT2D eigenvalue weighted by Gasteiger charge is -2.30. The summed E-state index contributed by atoms with van der Waals surface area (Å²) in [6, 6.07) is 3.15. The van der Waals surface area contributed by atoms with Gasteiger partial charge in [-0.3, -0.25) is 9.78 Å². The van der Waals surface area contributed by atoms with Gasteiger partial charge in [0.1, 0.15) is 0 Å². The van der Waals surface area contributed by atoms with E-state index in [2.05, 4.69) is 10.3 Å². The van der Waals surface area contributed by atoms with E-state index in [1.54, 1.807) is 12.1 Å². The Morgan fingerprint density at radius 2 is 2.19 bits per heavy atom. The number of carbonyl (C=O) groups excluding carboxylic acids is 1. The fourth-order valence-electron chi connectivity index (χ4n) is 2.07. The van der Waals surface area contributed by atoms with Crippen molar-refractivity contribution in [3.05, 3.63) is 30.1 Å². The van der Waals surface area contributed by atoms with Crippen LogP contribution >= 0.6 is 0 Å². The van der Waals surface area contributed by atoms with Gasteiger partial charge in [-0.05, 0) is 19.1 Å². The molecule has 2 rings (SSSR count). The molecule has 1 saturated heterocycles. The van der Waals surface area contributed by atoms with Crippen molar-refractivity contribution in [2.24, 2.45) is 0 Å². The maximum Gasteiger partial charge on any atom is 0.251 e. The standard InChI is InChI=1S/C13H19N3O4S/c1-11-10-16(7-8-20-11)21(18,19)9-6-15-13(17)12-2-4-14-5-3-12/h2-5,11H,6-10H2,1H3,(H,15,17). The highest BCUT2D eigenvalue weighted by Gasteiger charge is 2.27. The molecule has 116 valence electrons. The average Bonchev–Trinajstić information content (AvgIpc) is 2.48. The molecule has 1 aliphatic rings.